The largest absolute Gasteiger partial charge is 0.387 e. The molecule has 0 saturated carbocycles. The Balaban J connectivity index is 0.794. The molecule has 340 valence electrons. The maximum atomic E-state index is 12.8. The molecule has 0 spiro atoms. The number of amides is 5. The van der Waals surface area contributed by atoms with Crippen molar-refractivity contribution in [2.75, 3.05) is 71.4 Å². The summed E-state index contributed by atoms with van der Waals surface area (Å²) < 4.78 is 1.60. The van der Waals surface area contributed by atoms with Gasteiger partial charge in [-0.15, -0.1) is 11.3 Å². The molecule has 15 nitrogen and oxygen atoms in total. The Labute approximate surface area is 382 Å². The van der Waals surface area contributed by atoms with E-state index in [4.69, 9.17) is 23.2 Å². The SMILES string of the molecule is CN(C)C/C=C/C(=O)N1CCN(c2ccc(CCNC(=O)CCCCCCCCCCNC(=O)Cn3ccc(-c4cc(Cl)c(Cl)c5[nH]c6c(c45)CN(C(=O)CO)CC6)n3)s2)C(=O)C1. The van der Waals surface area contributed by atoms with Gasteiger partial charge >= 0.3 is 0 Å². The number of hydrogen-bond acceptors (Lipinski definition) is 9. The molecule has 1 fully saturated rings. The van der Waals surface area contributed by atoms with Gasteiger partial charge in [-0.1, -0.05) is 67.8 Å². The van der Waals surface area contributed by atoms with Crippen LogP contribution in [0.15, 0.2) is 42.6 Å². The Kier molecular flexibility index (Phi) is 17.6. The van der Waals surface area contributed by atoms with Gasteiger partial charge in [0.15, 0.2) is 0 Å². The lowest BCUT2D eigenvalue weighted by atomic mass is 9.99. The van der Waals surface area contributed by atoms with Crippen molar-refractivity contribution < 1.29 is 29.1 Å². The number of aromatic amines is 1. The predicted octanol–water partition coefficient (Wildman–Crippen LogP) is 5.56. The van der Waals surface area contributed by atoms with Crippen molar-refractivity contribution >= 4 is 80.0 Å². The number of rotatable bonds is 22. The monoisotopic (exact) mass is 923 g/mol. The lowest BCUT2D eigenvalue weighted by molar-refractivity contribution is -0.135. The molecule has 0 radical (unpaired) electrons. The van der Waals surface area contributed by atoms with E-state index in [1.54, 1.807) is 49.1 Å². The van der Waals surface area contributed by atoms with E-state index < -0.39 is 6.61 Å². The fraction of sp³-hybridized carbons (Fsp3) is 0.511. The molecule has 4 N–H and O–H groups in total. The van der Waals surface area contributed by atoms with E-state index >= 15 is 0 Å². The number of carbonyl (C=O) groups excluding carboxylic acids is 5. The Morgan fingerprint density at radius 1 is 0.921 bits per heavy atom. The highest BCUT2D eigenvalue weighted by molar-refractivity contribution is 7.16. The minimum Gasteiger partial charge on any atom is -0.387 e. The highest BCUT2D eigenvalue weighted by Crippen LogP contribution is 2.42. The van der Waals surface area contributed by atoms with Crippen LogP contribution in [-0.2, 0) is 49.9 Å². The van der Waals surface area contributed by atoms with Crippen molar-refractivity contribution in [2.24, 2.45) is 0 Å². The molecule has 5 amide bonds. The number of H-pyrrole nitrogens is 1. The number of halogens is 2. The third-order valence-electron chi connectivity index (χ3n) is 11.4. The molecule has 4 aromatic rings. The maximum Gasteiger partial charge on any atom is 0.248 e. The molecular weight excluding hydrogens is 866 g/mol. The summed E-state index contributed by atoms with van der Waals surface area (Å²) in [4.78, 5) is 74.1. The lowest BCUT2D eigenvalue weighted by Gasteiger charge is -2.33. The quantitative estimate of drug-likeness (QED) is 0.0586. The number of unbranched alkanes of at least 4 members (excludes halogenated alkanes) is 7. The van der Waals surface area contributed by atoms with Gasteiger partial charge in [0.25, 0.3) is 0 Å². The second-order valence-corrected chi connectivity index (χ2v) is 18.3. The summed E-state index contributed by atoms with van der Waals surface area (Å²) in [5.41, 5.74) is 3.94. The van der Waals surface area contributed by atoms with E-state index in [1.807, 2.05) is 37.2 Å². The van der Waals surface area contributed by atoms with Crippen molar-refractivity contribution in [1.29, 1.82) is 0 Å². The molecule has 0 unspecified atom stereocenters. The Morgan fingerprint density at radius 3 is 2.41 bits per heavy atom. The number of aliphatic hydroxyl groups is 1. The third kappa shape index (κ3) is 13.2. The fourth-order valence-corrected chi connectivity index (χ4v) is 9.42. The molecule has 0 atom stereocenters. The average molecular weight is 925 g/mol. The minimum absolute atomic E-state index is 0.0620. The van der Waals surface area contributed by atoms with E-state index in [0.717, 1.165) is 83.5 Å². The zero-order valence-corrected chi connectivity index (χ0v) is 38.6. The molecule has 0 aliphatic carbocycles. The number of aliphatic hydroxyl groups excluding tert-OH is 1. The number of nitrogens with zero attached hydrogens (tertiary/aromatic N) is 6. The summed E-state index contributed by atoms with van der Waals surface area (Å²) in [5, 5.41) is 22.6. The first kappa shape index (κ1) is 47.7. The van der Waals surface area contributed by atoms with Crippen LogP contribution in [-0.4, -0.2) is 131 Å². The van der Waals surface area contributed by atoms with Crippen LogP contribution in [0.25, 0.3) is 22.2 Å². The van der Waals surface area contributed by atoms with Gasteiger partial charge < -0.3 is 40.3 Å². The van der Waals surface area contributed by atoms with Crippen LogP contribution < -0.4 is 15.5 Å². The highest BCUT2D eigenvalue weighted by Gasteiger charge is 2.29. The van der Waals surface area contributed by atoms with Gasteiger partial charge in [0.05, 0.1) is 26.3 Å². The molecule has 0 bridgehead atoms. The van der Waals surface area contributed by atoms with Gasteiger partial charge in [0.2, 0.25) is 29.5 Å². The van der Waals surface area contributed by atoms with Crippen molar-refractivity contribution in [3.05, 3.63) is 68.8 Å². The smallest absolute Gasteiger partial charge is 0.248 e. The molecule has 63 heavy (non-hydrogen) atoms. The molecular formula is C45H59Cl2N9O6S. The van der Waals surface area contributed by atoms with Crippen LogP contribution >= 0.6 is 34.5 Å². The number of hydrogen-bond donors (Lipinski definition) is 4. The van der Waals surface area contributed by atoms with Crippen LogP contribution in [0, 0.1) is 0 Å². The summed E-state index contributed by atoms with van der Waals surface area (Å²) in [6.45, 7) is 3.19. The lowest BCUT2D eigenvalue weighted by Crippen LogP contribution is -2.51. The second kappa shape index (κ2) is 23.3. The predicted molar refractivity (Wildman–Crippen MR) is 248 cm³/mol. The maximum absolute atomic E-state index is 12.8. The topological polar surface area (TPSA) is 176 Å². The number of nitrogens with one attached hydrogen (secondary N) is 3. The van der Waals surface area contributed by atoms with Crippen LogP contribution in [0.1, 0.15) is 73.9 Å². The number of fused-ring (bicyclic) bond motifs is 3. The second-order valence-electron chi connectivity index (χ2n) is 16.4. The van der Waals surface area contributed by atoms with Crippen molar-refractivity contribution in [3.8, 4) is 11.3 Å². The molecule has 3 aromatic heterocycles. The Bertz CT molecular complexity index is 2270. The van der Waals surface area contributed by atoms with Gasteiger partial charge in [-0.2, -0.15) is 5.10 Å². The zero-order valence-electron chi connectivity index (χ0n) is 36.2. The molecule has 2 aliphatic heterocycles. The van der Waals surface area contributed by atoms with Crippen molar-refractivity contribution in [2.45, 2.75) is 83.7 Å². The number of thiophene rings is 1. The summed E-state index contributed by atoms with van der Waals surface area (Å²) in [7, 11) is 3.86. The van der Waals surface area contributed by atoms with Crippen LogP contribution in [0.5, 0.6) is 0 Å². The average Bonchev–Trinajstić information content (AvgIpc) is 4.03. The minimum atomic E-state index is -0.549. The number of likely N-dealkylation sites (N-methyl/N-ethyl adjacent to an activating group) is 1. The molecule has 18 heteroatoms. The Hall–Kier alpha value is -4.74. The summed E-state index contributed by atoms with van der Waals surface area (Å²) in [6.07, 6.45) is 15.1. The van der Waals surface area contributed by atoms with Gasteiger partial charge in [-0.05, 0) is 57.6 Å². The summed E-state index contributed by atoms with van der Waals surface area (Å²) in [6, 6.07) is 7.55. The van der Waals surface area contributed by atoms with E-state index in [1.165, 1.54) is 6.08 Å². The molecule has 1 saturated heterocycles. The number of benzene rings is 1. The van der Waals surface area contributed by atoms with Crippen molar-refractivity contribution in [3.63, 3.8) is 0 Å². The van der Waals surface area contributed by atoms with Gasteiger partial charge in [0, 0.05) is 98.0 Å². The fourth-order valence-electron chi connectivity index (χ4n) is 7.97. The summed E-state index contributed by atoms with van der Waals surface area (Å²) >= 11 is 14.7. The molecule has 6 rings (SSSR count). The molecule has 1 aromatic carbocycles. The van der Waals surface area contributed by atoms with E-state index in [-0.39, 0.29) is 42.6 Å². The first-order valence-electron chi connectivity index (χ1n) is 21.9. The summed E-state index contributed by atoms with van der Waals surface area (Å²) in [5.74, 6) is -0.622. The van der Waals surface area contributed by atoms with Crippen LogP contribution in [0.2, 0.25) is 10.0 Å². The van der Waals surface area contributed by atoms with Gasteiger partial charge in [-0.25, -0.2) is 0 Å². The number of carbonyl (C=O) groups is 5. The standard InChI is InChI=1S/C45H59Cl2N9O6S/c1-52(2)21-11-13-39(60)54-24-25-56(40(61)29-54)42-15-14-31(63-42)16-20-49-37(58)12-9-7-5-3-4-6-8-10-19-48-38(59)28-55-23-18-36(51-55)32-26-34(46)44(47)45-43(32)33-27-53(41(62)30-57)22-17-35(33)50-45/h11,13-15,18,23,26,50,57H,3-10,12,16-17,19-22,24-25,27-30H2,1-2H3,(H,48,59)(H,49,58)/b13-11+. The van der Waals surface area contributed by atoms with Gasteiger partial charge in [0.1, 0.15) is 19.7 Å². The zero-order chi connectivity index (χ0) is 44.9. The van der Waals surface area contributed by atoms with Crippen LogP contribution in [0.4, 0.5) is 5.00 Å². The number of anilines is 1. The van der Waals surface area contributed by atoms with Crippen LogP contribution in [0.3, 0.4) is 0 Å². The number of aromatic nitrogens is 3. The highest BCUT2D eigenvalue weighted by atomic mass is 35.5. The number of piperazine rings is 1. The van der Waals surface area contributed by atoms with E-state index in [2.05, 4.69) is 20.7 Å². The molecule has 2 aliphatic rings. The third-order valence-corrected chi connectivity index (χ3v) is 13.3. The molecule has 5 heterocycles. The van der Waals surface area contributed by atoms with Gasteiger partial charge in [-0.3, -0.25) is 28.7 Å². The Morgan fingerprint density at radius 2 is 1.67 bits per heavy atom. The normalized spacial score (nSPS) is 14.3. The van der Waals surface area contributed by atoms with Crippen molar-refractivity contribution in [1.82, 2.24) is 40.1 Å². The van der Waals surface area contributed by atoms with E-state index in [0.29, 0.717) is 86.3 Å². The first-order chi connectivity index (χ1) is 30.4. The first-order valence-corrected chi connectivity index (χ1v) is 23.5. The van der Waals surface area contributed by atoms with E-state index in [9.17, 15) is 29.1 Å².